The number of fused-ring (bicyclic) bond motifs is 34. The minimum absolute atomic E-state index is 0.146. The molecule has 0 bridgehead atoms. The lowest BCUT2D eigenvalue weighted by Gasteiger charge is -2.33. The molecule has 0 unspecified atom stereocenters. The third-order valence-corrected chi connectivity index (χ3v) is 23.8. The van der Waals surface area contributed by atoms with E-state index in [1.807, 2.05) is 0 Å². The number of para-hydroxylation sites is 2. The maximum Gasteiger partial charge on any atom is 0.143 e. The van der Waals surface area contributed by atoms with Crippen LogP contribution in [0.3, 0.4) is 0 Å². The van der Waals surface area contributed by atoms with E-state index in [2.05, 4.69) is 319 Å². The highest BCUT2D eigenvalue weighted by atomic mass is 16.3. The number of furan rings is 2. The lowest BCUT2D eigenvalue weighted by atomic mass is 9.68. The summed E-state index contributed by atoms with van der Waals surface area (Å²) in [7, 11) is 0. The number of rotatable bonds is 4. The van der Waals surface area contributed by atoms with Crippen molar-refractivity contribution >= 4 is 60.9 Å². The minimum atomic E-state index is -0.674. The van der Waals surface area contributed by atoms with Gasteiger partial charge in [-0.1, -0.05) is 233 Å². The summed E-state index contributed by atoms with van der Waals surface area (Å²) in [4.78, 5) is 2.53. The molecule has 14 aromatic carbocycles. The van der Waals surface area contributed by atoms with Crippen molar-refractivity contribution in [1.82, 2.24) is 0 Å². The summed E-state index contributed by atoms with van der Waals surface area (Å²) in [5.74, 6) is 0. The molecule has 0 radical (unpaired) electrons. The molecular weight excluding hydrogens is 1160 g/mol. The fourth-order valence-corrected chi connectivity index (χ4v) is 19.6. The van der Waals surface area contributed by atoms with Crippen LogP contribution in [0.15, 0.2) is 288 Å². The molecule has 96 heavy (non-hydrogen) atoms. The van der Waals surface area contributed by atoms with Gasteiger partial charge in [0.1, 0.15) is 22.3 Å². The van der Waals surface area contributed by atoms with E-state index < -0.39 is 10.8 Å². The Morgan fingerprint density at radius 2 is 0.688 bits per heavy atom. The molecule has 22 rings (SSSR count). The Hall–Kier alpha value is -11.5. The lowest BCUT2D eigenvalue weighted by Crippen LogP contribution is -2.27. The van der Waals surface area contributed by atoms with Crippen molar-refractivity contribution < 1.29 is 8.83 Å². The van der Waals surface area contributed by atoms with Crippen LogP contribution < -0.4 is 4.90 Å². The monoisotopic (exact) mass is 1220 g/mol. The Morgan fingerprint density at radius 1 is 0.260 bits per heavy atom. The SMILES string of the molecule is Cc1ccc(N(c2ccc3c(c2)C(C)(C)c2cc(-c4ccc5c(c4)C(C)(C)c4ccccc4-5)c4oc5ccccc5c4c2-3)c2ccc3c(c2)C2(c4ccccc4-c4ccccc42)c2cc4c(cc2-3)C2(c3ccccc3-c3ccccc32)c2ccc3oc5ccccc5c3c2-4)cc1. The number of hydrogen-bond acceptors (Lipinski definition) is 3. The smallest absolute Gasteiger partial charge is 0.143 e. The van der Waals surface area contributed by atoms with Crippen molar-refractivity contribution in [3.8, 4) is 77.9 Å². The number of aryl methyl sites for hydroxylation is 1. The Bertz CT molecular complexity index is 6150. The van der Waals surface area contributed by atoms with Gasteiger partial charge in [-0.05, 0) is 225 Å². The van der Waals surface area contributed by atoms with Crippen LogP contribution in [0.5, 0.6) is 0 Å². The predicted octanol–water partition coefficient (Wildman–Crippen LogP) is 24.2. The predicted molar refractivity (Wildman–Crippen MR) is 394 cm³/mol. The fourth-order valence-electron chi connectivity index (χ4n) is 19.6. The first-order valence-electron chi connectivity index (χ1n) is 34.0. The minimum Gasteiger partial charge on any atom is -0.456 e. The van der Waals surface area contributed by atoms with Gasteiger partial charge >= 0.3 is 0 Å². The van der Waals surface area contributed by atoms with E-state index in [9.17, 15) is 0 Å². The highest BCUT2D eigenvalue weighted by molar-refractivity contribution is 6.20. The van der Waals surface area contributed by atoms with Gasteiger partial charge in [0.05, 0.1) is 10.8 Å². The van der Waals surface area contributed by atoms with Gasteiger partial charge in [-0.15, -0.1) is 0 Å². The molecule has 0 amide bonds. The zero-order chi connectivity index (χ0) is 63.5. The van der Waals surface area contributed by atoms with E-state index in [-0.39, 0.29) is 10.8 Å². The van der Waals surface area contributed by atoms with E-state index in [1.54, 1.807) is 0 Å². The molecule has 3 heteroatoms. The second kappa shape index (κ2) is 18.0. The molecule has 0 saturated carbocycles. The summed E-state index contributed by atoms with van der Waals surface area (Å²) in [6, 6.07) is 107. The number of benzene rings is 14. The first-order valence-corrected chi connectivity index (χ1v) is 34.0. The van der Waals surface area contributed by atoms with Crippen molar-refractivity contribution in [2.75, 3.05) is 4.90 Å². The highest BCUT2D eigenvalue weighted by Crippen LogP contribution is 2.70. The van der Waals surface area contributed by atoms with Gasteiger partial charge in [-0.25, -0.2) is 0 Å². The van der Waals surface area contributed by atoms with Crippen molar-refractivity contribution in [2.45, 2.75) is 56.3 Å². The average molecular weight is 1220 g/mol. The van der Waals surface area contributed by atoms with E-state index in [1.165, 1.54) is 155 Å². The molecule has 6 aliphatic rings. The zero-order valence-corrected chi connectivity index (χ0v) is 53.8. The normalized spacial score (nSPS) is 15.5. The molecule has 2 heterocycles. The molecule has 16 aromatic rings. The van der Waals surface area contributed by atoms with Crippen LogP contribution in [0.4, 0.5) is 17.1 Å². The van der Waals surface area contributed by atoms with Crippen molar-refractivity contribution in [1.29, 1.82) is 0 Å². The molecule has 3 nitrogen and oxygen atoms in total. The van der Waals surface area contributed by atoms with E-state index in [4.69, 9.17) is 8.83 Å². The average Bonchev–Trinajstić information content (AvgIpc) is 1.49. The largest absolute Gasteiger partial charge is 0.456 e. The van der Waals surface area contributed by atoms with Crippen LogP contribution in [0.25, 0.3) is 122 Å². The molecule has 0 fully saturated rings. The molecule has 2 spiro atoms. The fraction of sp³-hybridized carbons (Fsp3) is 0.0968. The van der Waals surface area contributed by atoms with Crippen LogP contribution in [0, 0.1) is 6.92 Å². The Labute approximate surface area is 556 Å². The van der Waals surface area contributed by atoms with E-state index >= 15 is 0 Å². The summed E-state index contributed by atoms with van der Waals surface area (Å²) in [5.41, 5.74) is 39.9. The van der Waals surface area contributed by atoms with Gasteiger partial charge < -0.3 is 13.7 Å². The van der Waals surface area contributed by atoms with Crippen molar-refractivity contribution in [2.24, 2.45) is 0 Å². The second-order valence-corrected chi connectivity index (χ2v) is 28.9. The standard InChI is InChI=1S/C93H61NO2/c1-52-34-37-54(38-35-52)94(55-40-43-64-77(47-55)91(4,5)81-49-67(89-88(85(64)81)66-26-12-19-33-83(66)96-89)53-36-41-62-57-20-6-13-27-70(57)90(2,3)76(62)46-53)56-39-42-63-68-50-80-69(51-79(68)93(78(63)48-56)73-30-16-9-23-60(73)61-24-10-17-31-74(61)93)86-75(44-45-84-87(86)65-25-11-18-32-82(65)95-84)92(80)71-28-14-7-21-58(71)59-22-8-15-29-72(59)92/h6-51H,1-5H3. The summed E-state index contributed by atoms with van der Waals surface area (Å²) in [6.07, 6.45) is 0. The molecule has 0 aliphatic heterocycles. The van der Waals surface area contributed by atoms with Gasteiger partial charge in [-0.2, -0.15) is 0 Å². The number of hydrogen-bond donors (Lipinski definition) is 0. The first kappa shape index (κ1) is 52.9. The molecule has 0 atom stereocenters. The molecule has 0 saturated heterocycles. The van der Waals surface area contributed by atoms with Gasteiger partial charge in [0.25, 0.3) is 0 Å². The molecule has 0 N–H and O–H groups in total. The maximum absolute atomic E-state index is 7.12. The Balaban J connectivity index is 0.774. The molecule has 2 aromatic heterocycles. The molecule has 6 aliphatic carbocycles. The van der Waals surface area contributed by atoms with Crippen LogP contribution in [-0.2, 0) is 21.7 Å². The van der Waals surface area contributed by atoms with E-state index in [0.717, 1.165) is 55.7 Å². The van der Waals surface area contributed by atoms with Crippen molar-refractivity contribution in [3.05, 3.63) is 351 Å². The third kappa shape index (κ3) is 6.27. The van der Waals surface area contributed by atoms with Gasteiger partial charge in [0, 0.05) is 55.0 Å². The molecular formula is C93H61NO2. The summed E-state index contributed by atoms with van der Waals surface area (Å²) in [5, 5.41) is 4.64. The quantitative estimate of drug-likeness (QED) is 0.176. The molecule has 450 valence electrons. The zero-order valence-electron chi connectivity index (χ0n) is 53.8. The Morgan fingerprint density at radius 3 is 1.33 bits per heavy atom. The first-order chi connectivity index (χ1) is 47.0. The Kier molecular flexibility index (Phi) is 9.94. The van der Waals surface area contributed by atoms with Gasteiger partial charge in [0.2, 0.25) is 0 Å². The lowest BCUT2D eigenvalue weighted by molar-refractivity contribution is 0.656. The van der Waals surface area contributed by atoms with Crippen molar-refractivity contribution in [3.63, 3.8) is 0 Å². The van der Waals surface area contributed by atoms with Gasteiger partial charge in [0.15, 0.2) is 0 Å². The summed E-state index contributed by atoms with van der Waals surface area (Å²) < 4.78 is 14.0. The van der Waals surface area contributed by atoms with Crippen LogP contribution in [-0.4, -0.2) is 0 Å². The third-order valence-electron chi connectivity index (χ3n) is 23.8. The summed E-state index contributed by atoms with van der Waals surface area (Å²) >= 11 is 0. The number of anilines is 3. The summed E-state index contributed by atoms with van der Waals surface area (Å²) in [6.45, 7) is 11.8. The second-order valence-electron chi connectivity index (χ2n) is 28.9. The van der Waals surface area contributed by atoms with Crippen LogP contribution in [0.1, 0.15) is 100 Å². The topological polar surface area (TPSA) is 29.5 Å². The van der Waals surface area contributed by atoms with Crippen LogP contribution in [0.2, 0.25) is 0 Å². The highest BCUT2D eigenvalue weighted by Gasteiger charge is 2.57. The van der Waals surface area contributed by atoms with Crippen LogP contribution >= 0.6 is 0 Å². The number of nitrogens with zero attached hydrogens (tertiary/aromatic N) is 1. The van der Waals surface area contributed by atoms with Gasteiger partial charge in [-0.3, -0.25) is 0 Å². The van der Waals surface area contributed by atoms with E-state index in [0.29, 0.717) is 0 Å². The maximum atomic E-state index is 7.12.